The van der Waals surface area contributed by atoms with Gasteiger partial charge in [-0.1, -0.05) is 77.8 Å². The number of rotatable bonds is 11. The van der Waals surface area contributed by atoms with E-state index in [9.17, 15) is 19.5 Å². The summed E-state index contributed by atoms with van der Waals surface area (Å²) in [6.45, 7) is 2.36. The van der Waals surface area contributed by atoms with Crippen LogP contribution in [0.25, 0.3) is 11.1 Å². The van der Waals surface area contributed by atoms with Gasteiger partial charge in [-0.3, -0.25) is 9.69 Å². The highest BCUT2D eigenvalue weighted by Gasteiger charge is 2.38. The molecule has 2 N–H and O–H groups in total. The highest BCUT2D eigenvalue weighted by Crippen LogP contribution is 2.41. The fourth-order valence-corrected chi connectivity index (χ4v) is 7.12. The molecule has 13 heteroatoms. The molecule has 0 bridgehead atoms. The van der Waals surface area contributed by atoms with Gasteiger partial charge in [0, 0.05) is 12.8 Å². The van der Waals surface area contributed by atoms with Gasteiger partial charge in [0.1, 0.15) is 31.0 Å². The van der Waals surface area contributed by atoms with Crippen LogP contribution in [0.5, 0.6) is 17.2 Å². The SMILES string of the molecule is CCOC(=O)N1Cc2cc3c(cc2C[C@H]1C(=O)N[C@@H](Cc1ccc(-c2ccc(C#N)cc2)cc1)C(=O)O)OCC(c1ccc(OCc2ccc(Cl)c(Cl)c2)cc1)O3. The van der Waals surface area contributed by atoms with E-state index >= 15 is 0 Å². The molecule has 2 aliphatic rings. The maximum Gasteiger partial charge on any atom is 0.410 e. The fourth-order valence-electron chi connectivity index (χ4n) is 6.80. The van der Waals surface area contributed by atoms with E-state index in [0.29, 0.717) is 45.0 Å². The quantitative estimate of drug-likeness (QED) is 0.135. The van der Waals surface area contributed by atoms with E-state index < -0.39 is 36.2 Å². The van der Waals surface area contributed by atoms with Crippen LogP contribution in [-0.2, 0) is 40.3 Å². The van der Waals surface area contributed by atoms with Crippen LogP contribution in [0.15, 0.2) is 103 Å². The number of nitrogens with zero attached hydrogens (tertiary/aromatic N) is 2. The topological polar surface area (TPSA) is 147 Å². The minimum absolute atomic E-state index is 0.0196. The first kappa shape index (κ1) is 39.0. The molecule has 0 spiro atoms. The van der Waals surface area contributed by atoms with Gasteiger partial charge in [-0.25, -0.2) is 9.59 Å². The Bertz CT molecular complexity index is 2330. The van der Waals surface area contributed by atoms with Crippen LogP contribution in [0.4, 0.5) is 4.79 Å². The lowest BCUT2D eigenvalue weighted by Crippen LogP contribution is -2.56. The van der Waals surface area contributed by atoms with Crippen molar-refractivity contribution in [2.75, 3.05) is 13.2 Å². The van der Waals surface area contributed by atoms with Crippen LogP contribution in [0.1, 0.15) is 46.4 Å². The molecule has 5 aromatic rings. The summed E-state index contributed by atoms with van der Waals surface area (Å²) in [7, 11) is 0. The summed E-state index contributed by atoms with van der Waals surface area (Å²) in [5.74, 6) is -0.165. The summed E-state index contributed by atoms with van der Waals surface area (Å²) in [4.78, 5) is 40.8. The van der Waals surface area contributed by atoms with Crippen LogP contribution >= 0.6 is 23.2 Å². The molecule has 0 aliphatic carbocycles. The van der Waals surface area contributed by atoms with Crippen LogP contribution in [0, 0.1) is 11.3 Å². The summed E-state index contributed by atoms with van der Waals surface area (Å²) >= 11 is 12.1. The Kier molecular flexibility index (Phi) is 11.8. The van der Waals surface area contributed by atoms with Gasteiger partial charge in [-0.15, -0.1) is 0 Å². The Morgan fingerprint density at radius 2 is 1.58 bits per heavy atom. The molecule has 57 heavy (non-hydrogen) atoms. The number of amides is 2. The molecule has 11 nitrogen and oxygen atoms in total. The standard InChI is InChI=1S/C44H37Cl2N3O8/c1-2-54-44(53)49-23-33-21-40-39(56-25-41(57-40)31-12-14-34(15-13-31)55-24-28-7-16-35(45)36(46)17-28)20-32(33)19-38(49)42(50)48-37(43(51)52)18-26-3-8-29(9-4-26)30-10-5-27(22-47)6-11-30/h3-17,20-21,37-38,41H,2,18-19,23-25H2,1H3,(H,48,50)(H,51,52)/t37-,38-,41?/m0/s1. The number of carbonyl (C=O) groups is 3. The molecule has 5 aromatic carbocycles. The van der Waals surface area contributed by atoms with Gasteiger partial charge < -0.3 is 29.4 Å². The number of halogens is 2. The van der Waals surface area contributed by atoms with Gasteiger partial charge >= 0.3 is 12.1 Å². The summed E-state index contributed by atoms with van der Waals surface area (Å²) in [5, 5.41) is 22.8. The smallest absolute Gasteiger partial charge is 0.410 e. The maximum atomic E-state index is 13.9. The van der Waals surface area contributed by atoms with Crippen molar-refractivity contribution in [1.29, 1.82) is 5.26 Å². The second-order valence-electron chi connectivity index (χ2n) is 13.6. The summed E-state index contributed by atoms with van der Waals surface area (Å²) in [6, 6.07) is 30.8. The lowest BCUT2D eigenvalue weighted by molar-refractivity contribution is -0.142. The van der Waals surface area contributed by atoms with Crippen LogP contribution in [0.3, 0.4) is 0 Å². The summed E-state index contributed by atoms with van der Waals surface area (Å²) in [5.41, 5.74) is 6.34. The molecule has 0 radical (unpaired) electrons. The number of hydrogen-bond acceptors (Lipinski definition) is 8. The molecule has 0 fully saturated rings. The second-order valence-corrected chi connectivity index (χ2v) is 14.4. The van der Waals surface area contributed by atoms with Crippen molar-refractivity contribution in [3.63, 3.8) is 0 Å². The predicted molar refractivity (Wildman–Crippen MR) is 212 cm³/mol. The third-order valence-corrected chi connectivity index (χ3v) is 10.6. The van der Waals surface area contributed by atoms with Crippen molar-refractivity contribution in [1.82, 2.24) is 10.2 Å². The van der Waals surface area contributed by atoms with E-state index in [1.165, 1.54) is 4.90 Å². The van der Waals surface area contributed by atoms with Gasteiger partial charge in [0.25, 0.3) is 0 Å². The monoisotopic (exact) mass is 805 g/mol. The molecule has 290 valence electrons. The molecular formula is C44H37Cl2N3O8. The molecule has 0 aromatic heterocycles. The molecular weight excluding hydrogens is 769 g/mol. The number of carboxylic acids is 1. The van der Waals surface area contributed by atoms with Gasteiger partial charge in [0.2, 0.25) is 5.91 Å². The molecule has 0 saturated carbocycles. The number of carbonyl (C=O) groups excluding carboxylic acids is 2. The Hall–Kier alpha value is -6.22. The first-order valence-corrected chi connectivity index (χ1v) is 19.0. The van der Waals surface area contributed by atoms with Crippen molar-refractivity contribution in [2.24, 2.45) is 0 Å². The van der Waals surface area contributed by atoms with Crippen molar-refractivity contribution >= 4 is 41.2 Å². The number of hydrogen-bond donors (Lipinski definition) is 2. The normalized spacial score (nSPS) is 16.1. The average molecular weight is 807 g/mol. The fraction of sp³-hybridized carbons (Fsp3) is 0.227. The van der Waals surface area contributed by atoms with Crippen molar-refractivity contribution < 1.29 is 38.4 Å². The third-order valence-electron chi connectivity index (χ3n) is 9.86. The minimum Gasteiger partial charge on any atom is -0.489 e. The van der Waals surface area contributed by atoms with Gasteiger partial charge in [0.15, 0.2) is 17.6 Å². The Balaban J connectivity index is 1.02. The van der Waals surface area contributed by atoms with Gasteiger partial charge in [0.05, 0.1) is 34.8 Å². The number of benzene rings is 5. The lowest BCUT2D eigenvalue weighted by atomic mass is 9.92. The van der Waals surface area contributed by atoms with E-state index in [0.717, 1.165) is 33.4 Å². The largest absolute Gasteiger partial charge is 0.489 e. The summed E-state index contributed by atoms with van der Waals surface area (Å²) in [6.07, 6.45) is -0.980. The number of fused-ring (bicyclic) bond motifs is 2. The lowest BCUT2D eigenvalue weighted by Gasteiger charge is -2.37. The Labute approximate surface area is 339 Å². The zero-order valence-corrected chi connectivity index (χ0v) is 32.3. The maximum absolute atomic E-state index is 13.9. The van der Waals surface area contributed by atoms with E-state index in [1.807, 2.05) is 66.7 Å². The van der Waals surface area contributed by atoms with E-state index in [-0.39, 0.29) is 32.6 Å². The molecule has 2 amide bonds. The number of carboxylic acid groups (broad SMARTS) is 1. The van der Waals surface area contributed by atoms with Crippen LogP contribution in [0.2, 0.25) is 10.0 Å². The molecule has 3 atom stereocenters. The number of nitrogens with one attached hydrogen (secondary N) is 1. The van der Waals surface area contributed by atoms with Crippen molar-refractivity contribution in [2.45, 2.75) is 51.1 Å². The van der Waals surface area contributed by atoms with Crippen molar-refractivity contribution in [3.8, 4) is 34.4 Å². The zero-order chi connectivity index (χ0) is 40.1. The number of ether oxygens (including phenoxy) is 4. The Morgan fingerprint density at radius 1 is 0.895 bits per heavy atom. The van der Waals surface area contributed by atoms with Crippen LogP contribution < -0.4 is 19.5 Å². The molecule has 2 aliphatic heterocycles. The zero-order valence-electron chi connectivity index (χ0n) is 30.7. The highest BCUT2D eigenvalue weighted by atomic mass is 35.5. The minimum atomic E-state index is -1.26. The molecule has 1 unspecified atom stereocenters. The summed E-state index contributed by atoms with van der Waals surface area (Å²) < 4.78 is 23.8. The average Bonchev–Trinajstić information content (AvgIpc) is 3.23. The molecule has 0 saturated heterocycles. The van der Waals surface area contributed by atoms with E-state index in [1.54, 1.807) is 43.3 Å². The van der Waals surface area contributed by atoms with E-state index in [4.69, 9.17) is 47.4 Å². The number of nitriles is 1. The number of aliphatic carboxylic acids is 1. The third kappa shape index (κ3) is 9.10. The molecule has 7 rings (SSSR count). The second kappa shape index (κ2) is 17.3. The highest BCUT2D eigenvalue weighted by molar-refractivity contribution is 6.42. The predicted octanol–water partition coefficient (Wildman–Crippen LogP) is 8.32. The van der Waals surface area contributed by atoms with Crippen LogP contribution in [-0.4, -0.2) is 53.3 Å². The first-order chi connectivity index (χ1) is 27.6. The van der Waals surface area contributed by atoms with Gasteiger partial charge in [-0.05, 0) is 94.4 Å². The van der Waals surface area contributed by atoms with Crippen molar-refractivity contribution in [3.05, 3.63) is 147 Å². The van der Waals surface area contributed by atoms with Gasteiger partial charge in [-0.2, -0.15) is 5.26 Å². The first-order valence-electron chi connectivity index (χ1n) is 18.3. The van der Waals surface area contributed by atoms with E-state index in [2.05, 4.69) is 11.4 Å². The Morgan fingerprint density at radius 3 is 2.25 bits per heavy atom. The molecule has 2 heterocycles.